The Morgan fingerprint density at radius 2 is 1.84 bits per heavy atom. The van der Waals surface area contributed by atoms with Crippen LogP contribution in [0.2, 0.25) is 0 Å². The Morgan fingerprint density at radius 1 is 1.26 bits per heavy atom. The van der Waals surface area contributed by atoms with E-state index in [9.17, 15) is 4.79 Å². The van der Waals surface area contributed by atoms with Gasteiger partial charge in [0.15, 0.2) is 0 Å². The molecular formula is C15H22BrNO2. The molecule has 0 fully saturated rings. The largest absolute Gasteiger partial charge is 0.394 e. The van der Waals surface area contributed by atoms with Gasteiger partial charge in [-0.15, -0.1) is 0 Å². The second kappa shape index (κ2) is 7.65. The third kappa shape index (κ3) is 5.33. The SMILES string of the molecule is CC(CO)NC(=O)CC(c1ccc(Br)cc1)C(C)C. The zero-order valence-corrected chi connectivity index (χ0v) is 13.3. The monoisotopic (exact) mass is 327 g/mol. The summed E-state index contributed by atoms with van der Waals surface area (Å²) in [6.07, 6.45) is 0.448. The van der Waals surface area contributed by atoms with Crippen molar-refractivity contribution in [2.24, 2.45) is 5.92 Å². The summed E-state index contributed by atoms with van der Waals surface area (Å²) in [4.78, 5) is 11.9. The van der Waals surface area contributed by atoms with E-state index in [0.717, 1.165) is 4.47 Å². The first-order valence-corrected chi connectivity index (χ1v) is 7.39. The minimum atomic E-state index is -0.190. The van der Waals surface area contributed by atoms with E-state index >= 15 is 0 Å². The molecule has 2 N–H and O–H groups in total. The second-order valence-corrected chi connectivity index (χ2v) is 6.17. The van der Waals surface area contributed by atoms with Gasteiger partial charge in [0.2, 0.25) is 5.91 Å². The summed E-state index contributed by atoms with van der Waals surface area (Å²) in [7, 11) is 0. The number of nitrogens with one attached hydrogen (secondary N) is 1. The molecule has 0 spiro atoms. The molecule has 0 saturated carbocycles. The summed E-state index contributed by atoms with van der Waals surface area (Å²) in [5.74, 6) is 0.568. The minimum absolute atomic E-state index is 0.0110. The van der Waals surface area contributed by atoms with Gasteiger partial charge in [0.25, 0.3) is 0 Å². The van der Waals surface area contributed by atoms with Gasteiger partial charge in [-0.25, -0.2) is 0 Å². The molecule has 1 amide bonds. The predicted octanol–water partition coefficient (Wildman–Crippen LogP) is 3.08. The number of benzene rings is 1. The first-order chi connectivity index (χ1) is 8.93. The third-order valence-electron chi connectivity index (χ3n) is 3.19. The van der Waals surface area contributed by atoms with Gasteiger partial charge < -0.3 is 10.4 Å². The predicted molar refractivity (Wildman–Crippen MR) is 81.0 cm³/mol. The number of carbonyl (C=O) groups is 1. The van der Waals surface area contributed by atoms with Crippen LogP contribution in [0.5, 0.6) is 0 Å². The number of aliphatic hydroxyl groups excluding tert-OH is 1. The summed E-state index contributed by atoms with van der Waals surface area (Å²) >= 11 is 3.42. The van der Waals surface area contributed by atoms with Crippen LogP contribution in [0.1, 0.15) is 38.7 Å². The van der Waals surface area contributed by atoms with Crippen molar-refractivity contribution in [2.75, 3.05) is 6.61 Å². The number of rotatable bonds is 6. The fourth-order valence-corrected chi connectivity index (χ4v) is 2.29. The van der Waals surface area contributed by atoms with Crippen LogP contribution in [0.15, 0.2) is 28.7 Å². The van der Waals surface area contributed by atoms with Crippen LogP contribution >= 0.6 is 15.9 Å². The highest BCUT2D eigenvalue weighted by Gasteiger charge is 2.20. The summed E-state index contributed by atoms with van der Waals surface area (Å²) < 4.78 is 1.04. The molecule has 0 aliphatic heterocycles. The molecule has 2 atom stereocenters. The summed E-state index contributed by atoms with van der Waals surface area (Å²) in [6.45, 7) is 6.00. The fourth-order valence-electron chi connectivity index (χ4n) is 2.03. The molecule has 0 aromatic heterocycles. The van der Waals surface area contributed by atoms with Gasteiger partial charge in [-0.1, -0.05) is 41.9 Å². The van der Waals surface area contributed by atoms with Gasteiger partial charge in [-0.3, -0.25) is 4.79 Å². The Balaban J connectivity index is 2.73. The van der Waals surface area contributed by atoms with E-state index in [0.29, 0.717) is 12.3 Å². The first kappa shape index (κ1) is 16.2. The smallest absolute Gasteiger partial charge is 0.220 e. The quantitative estimate of drug-likeness (QED) is 0.843. The van der Waals surface area contributed by atoms with Gasteiger partial charge in [0, 0.05) is 16.9 Å². The van der Waals surface area contributed by atoms with Crippen LogP contribution in [-0.2, 0) is 4.79 Å². The van der Waals surface area contributed by atoms with Gasteiger partial charge in [-0.05, 0) is 36.5 Å². The van der Waals surface area contributed by atoms with Crippen molar-refractivity contribution >= 4 is 21.8 Å². The molecule has 0 heterocycles. The summed E-state index contributed by atoms with van der Waals surface area (Å²) in [6, 6.07) is 7.91. The van der Waals surface area contributed by atoms with Crippen LogP contribution in [0.3, 0.4) is 0 Å². The van der Waals surface area contributed by atoms with Crippen LogP contribution in [0.25, 0.3) is 0 Å². The van der Waals surface area contributed by atoms with Crippen LogP contribution in [-0.4, -0.2) is 23.7 Å². The highest BCUT2D eigenvalue weighted by molar-refractivity contribution is 9.10. The lowest BCUT2D eigenvalue weighted by Crippen LogP contribution is -2.36. The zero-order valence-electron chi connectivity index (χ0n) is 11.7. The van der Waals surface area contributed by atoms with Crippen LogP contribution < -0.4 is 5.32 Å². The van der Waals surface area contributed by atoms with Crippen molar-refractivity contribution in [2.45, 2.75) is 39.2 Å². The molecule has 0 radical (unpaired) electrons. The third-order valence-corrected chi connectivity index (χ3v) is 3.72. The Bertz CT molecular complexity index is 403. The minimum Gasteiger partial charge on any atom is -0.394 e. The van der Waals surface area contributed by atoms with Crippen molar-refractivity contribution in [1.82, 2.24) is 5.32 Å². The lowest BCUT2D eigenvalue weighted by Gasteiger charge is -2.22. The summed E-state index contributed by atoms with van der Waals surface area (Å²) in [5, 5.41) is 11.8. The van der Waals surface area contributed by atoms with Gasteiger partial charge in [0.05, 0.1) is 6.61 Å². The fraction of sp³-hybridized carbons (Fsp3) is 0.533. The van der Waals surface area contributed by atoms with Crippen molar-refractivity contribution in [3.05, 3.63) is 34.3 Å². The summed E-state index contributed by atoms with van der Waals surface area (Å²) in [5.41, 5.74) is 1.17. The molecule has 0 bridgehead atoms. The van der Waals surface area contributed by atoms with Crippen molar-refractivity contribution < 1.29 is 9.90 Å². The van der Waals surface area contributed by atoms with Gasteiger partial charge in [-0.2, -0.15) is 0 Å². The standard InChI is InChI=1S/C15H22BrNO2/c1-10(2)14(8-15(19)17-11(3)9-18)12-4-6-13(16)7-5-12/h4-7,10-11,14,18H,8-9H2,1-3H3,(H,17,19). The van der Waals surface area contributed by atoms with Crippen molar-refractivity contribution in [1.29, 1.82) is 0 Å². The molecule has 0 aliphatic carbocycles. The Kier molecular flexibility index (Phi) is 6.52. The molecule has 3 nitrogen and oxygen atoms in total. The maximum Gasteiger partial charge on any atom is 0.220 e. The van der Waals surface area contributed by atoms with E-state index in [-0.39, 0.29) is 24.5 Å². The molecular weight excluding hydrogens is 306 g/mol. The molecule has 106 valence electrons. The average molecular weight is 328 g/mol. The van der Waals surface area contributed by atoms with E-state index in [4.69, 9.17) is 5.11 Å². The van der Waals surface area contributed by atoms with E-state index in [1.807, 2.05) is 12.1 Å². The second-order valence-electron chi connectivity index (χ2n) is 5.26. The molecule has 1 rings (SSSR count). The number of carbonyl (C=O) groups excluding carboxylic acids is 1. The zero-order chi connectivity index (χ0) is 14.4. The molecule has 1 aromatic carbocycles. The van der Waals surface area contributed by atoms with Crippen molar-refractivity contribution in [3.8, 4) is 0 Å². The molecule has 1 aromatic rings. The number of aliphatic hydroxyl groups is 1. The number of hydrogen-bond acceptors (Lipinski definition) is 2. The lowest BCUT2D eigenvalue weighted by molar-refractivity contribution is -0.122. The number of hydrogen-bond donors (Lipinski definition) is 2. The molecule has 2 unspecified atom stereocenters. The maximum atomic E-state index is 11.9. The number of halogens is 1. The van der Waals surface area contributed by atoms with E-state index < -0.39 is 0 Å². The molecule has 19 heavy (non-hydrogen) atoms. The van der Waals surface area contributed by atoms with Crippen molar-refractivity contribution in [3.63, 3.8) is 0 Å². The molecule has 0 saturated heterocycles. The van der Waals surface area contributed by atoms with Crippen LogP contribution in [0.4, 0.5) is 0 Å². The van der Waals surface area contributed by atoms with E-state index in [1.54, 1.807) is 6.92 Å². The Labute approximate surface area is 123 Å². The van der Waals surface area contributed by atoms with E-state index in [1.165, 1.54) is 5.56 Å². The molecule has 0 aliphatic rings. The highest BCUT2D eigenvalue weighted by atomic mass is 79.9. The maximum absolute atomic E-state index is 11.9. The first-order valence-electron chi connectivity index (χ1n) is 6.59. The van der Waals surface area contributed by atoms with Gasteiger partial charge >= 0.3 is 0 Å². The lowest BCUT2D eigenvalue weighted by atomic mass is 9.85. The Morgan fingerprint density at radius 3 is 2.32 bits per heavy atom. The highest BCUT2D eigenvalue weighted by Crippen LogP contribution is 2.28. The Hall–Kier alpha value is -0.870. The normalized spacial score (nSPS) is 14.2. The topological polar surface area (TPSA) is 49.3 Å². The van der Waals surface area contributed by atoms with E-state index in [2.05, 4.69) is 47.2 Å². The average Bonchev–Trinajstić information content (AvgIpc) is 2.36. The van der Waals surface area contributed by atoms with Crippen LogP contribution in [0, 0.1) is 5.92 Å². The van der Waals surface area contributed by atoms with Gasteiger partial charge in [0.1, 0.15) is 0 Å². The number of amides is 1. The molecule has 4 heteroatoms.